The van der Waals surface area contributed by atoms with Gasteiger partial charge in [-0.1, -0.05) is 13.3 Å². The Labute approximate surface area is 94.8 Å². The van der Waals surface area contributed by atoms with Crippen LogP contribution in [0, 0.1) is 5.92 Å². The van der Waals surface area contributed by atoms with E-state index < -0.39 is 0 Å². The molecule has 2 heteroatoms. The van der Waals surface area contributed by atoms with Gasteiger partial charge < -0.3 is 10.1 Å². The summed E-state index contributed by atoms with van der Waals surface area (Å²) in [5.74, 6) is 0.984. The van der Waals surface area contributed by atoms with Gasteiger partial charge in [0.15, 0.2) is 0 Å². The Morgan fingerprint density at radius 2 is 1.80 bits per heavy atom. The maximum atomic E-state index is 5.33. The first-order valence-corrected chi connectivity index (χ1v) is 6.46. The van der Waals surface area contributed by atoms with Gasteiger partial charge in [-0.15, -0.1) is 0 Å². The van der Waals surface area contributed by atoms with Crippen LogP contribution in [0.2, 0.25) is 0 Å². The molecule has 0 aromatic heterocycles. The third kappa shape index (κ3) is 4.12. The fourth-order valence-corrected chi connectivity index (χ4v) is 2.45. The molecule has 0 aromatic rings. The predicted molar refractivity (Wildman–Crippen MR) is 65.1 cm³/mol. The molecule has 1 aliphatic rings. The van der Waals surface area contributed by atoms with Gasteiger partial charge in [-0.25, -0.2) is 0 Å². The van der Waals surface area contributed by atoms with Gasteiger partial charge in [0.2, 0.25) is 0 Å². The highest BCUT2D eigenvalue weighted by atomic mass is 16.5. The summed E-state index contributed by atoms with van der Waals surface area (Å²) in [6.07, 6.45) is 7.17. The topological polar surface area (TPSA) is 21.3 Å². The number of nitrogens with one attached hydrogen (secondary N) is 1. The van der Waals surface area contributed by atoms with Crippen LogP contribution in [0.25, 0.3) is 0 Å². The molecule has 0 spiro atoms. The average Bonchev–Trinajstić information content (AvgIpc) is 2.29. The standard InChI is InChI=1S/C13H27NO/c1-5-12-6-8-13(9-7-12)14-10(2)11(3)15-4/h10-14H,5-9H2,1-4H3. The monoisotopic (exact) mass is 213 g/mol. The van der Waals surface area contributed by atoms with E-state index in [1.165, 1.54) is 32.1 Å². The summed E-state index contributed by atoms with van der Waals surface area (Å²) < 4.78 is 5.33. The Morgan fingerprint density at radius 3 is 2.27 bits per heavy atom. The molecule has 1 fully saturated rings. The van der Waals surface area contributed by atoms with Crippen LogP contribution in [0.3, 0.4) is 0 Å². The van der Waals surface area contributed by atoms with E-state index in [2.05, 4.69) is 26.1 Å². The summed E-state index contributed by atoms with van der Waals surface area (Å²) in [6, 6.07) is 1.19. The second kappa shape index (κ2) is 6.49. The van der Waals surface area contributed by atoms with E-state index in [-0.39, 0.29) is 0 Å². The highest BCUT2D eigenvalue weighted by Gasteiger charge is 2.22. The minimum atomic E-state index is 0.314. The number of hydrogen-bond acceptors (Lipinski definition) is 2. The molecule has 2 atom stereocenters. The number of methoxy groups -OCH3 is 1. The van der Waals surface area contributed by atoms with Gasteiger partial charge in [-0.2, -0.15) is 0 Å². The summed E-state index contributed by atoms with van der Waals surface area (Å²) in [6.45, 7) is 6.67. The van der Waals surface area contributed by atoms with Gasteiger partial charge in [0, 0.05) is 19.2 Å². The summed E-state index contributed by atoms with van der Waals surface area (Å²) >= 11 is 0. The quantitative estimate of drug-likeness (QED) is 0.758. The third-order valence-corrected chi connectivity index (χ3v) is 4.00. The molecule has 2 nitrogen and oxygen atoms in total. The van der Waals surface area contributed by atoms with Gasteiger partial charge in [0.25, 0.3) is 0 Å². The van der Waals surface area contributed by atoms with E-state index in [1.807, 2.05) is 0 Å². The normalized spacial score (nSPS) is 31.2. The van der Waals surface area contributed by atoms with E-state index in [4.69, 9.17) is 4.74 Å². The van der Waals surface area contributed by atoms with Crippen LogP contribution >= 0.6 is 0 Å². The van der Waals surface area contributed by atoms with Crippen molar-refractivity contribution < 1.29 is 4.74 Å². The molecule has 0 heterocycles. The van der Waals surface area contributed by atoms with E-state index >= 15 is 0 Å². The lowest BCUT2D eigenvalue weighted by atomic mass is 9.84. The minimum absolute atomic E-state index is 0.314. The van der Waals surface area contributed by atoms with Crippen molar-refractivity contribution in [2.45, 2.75) is 71.1 Å². The van der Waals surface area contributed by atoms with Gasteiger partial charge in [-0.05, 0) is 45.4 Å². The first-order chi connectivity index (χ1) is 7.17. The van der Waals surface area contributed by atoms with E-state index in [9.17, 15) is 0 Å². The van der Waals surface area contributed by atoms with Crippen LogP contribution in [-0.4, -0.2) is 25.3 Å². The van der Waals surface area contributed by atoms with E-state index in [0.717, 1.165) is 12.0 Å². The Kier molecular flexibility index (Phi) is 5.62. The highest BCUT2D eigenvalue weighted by Crippen LogP contribution is 2.26. The number of ether oxygens (including phenoxy) is 1. The lowest BCUT2D eigenvalue weighted by Crippen LogP contribution is -2.44. The summed E-state index contributed by atoms with van der Waals surface area (Å²) in [4.78, 5) is 0. The second-order valence-electron chi connectivity index (χ2n) is 5.02. The first kappa shape index (κ1) is 13.0. The molecule has 0 radical (unpaired) electrons. The summed E-state index contributed by atoms with van der Waals surface area (Å²) in [5.41, 5.74) is 0. The lowest BCUT2D eigenvalue weighted by Gasteiger charge is -2.32. The fourth-order valence-electron chi connectivity index (χ4n) is 2.45. The number of rotatable bonds is 5. The van der Waals surface area contributed by atoms with Crippen molar-refractivity contribution in [2.75, 3.05) is 7.11 Å². The van der Waals surface area contributed by atoms with Crippen molar-refractivity contribution in [2.24, 2.45) is 5.92 Å². The molecule has 0 aliphatic heterocycles. The van der Waals surface area contributed by atoms with Gasteiger partial charge in [-0.3, -0.25) is 0 Å². The molecule has 0 bridgehead atoms. The Morgan fingerprint density at radius 1 is 1.20 bits per heavy atom. The van der Waals surface area contributed by atoms with Crippen LogP contribution in [-0.2, 0) is 4.74 Å². The third-order valence-electron chi connectivity index (χ3n) is 4.00. The zero-order chi connectivity index (χ0) is 11.3. The molecule has 0 saturated heterocycles. The average molecular weight is 213 g/mol. The summed E-state index contributed by atoms with van der Waals surface area (Å²) in [5, 5.41) is 3.69. The molecule has 1 aliphatic carbocycles. The SMILES string of the molecule is CCC1CCC(NC(C)C(C)OC)CC1. The van der Waals surface area contributed by atoms with Crippen LogP contribution in [0.1, 0.15) is 52.9 Å². The van der Waals surface area contributed by atoms with E-state index in [1.54, 1.807) is 7.11 Å². The Bertz CT molecular complexity index is 164. The van der Waals surface area contributed by atoms with Crippen molar-refractivity contribution in [3.8, 4) is 0 Å². The van der Waals surface area contributed by atoms with Gasteiger partial charge in [0.05, 0.1) is 6.10 Å². The maximum Gasteiger partial charge on any atom is 0.0693 e. The number of hydrogen-bond donors (Lipinski definition) is 1. The van der Waals surface area contributed by atoms with E-state index in [0.29, 0.717) is 12.1 Å². The molecule has 1 rings (SSSR count). The highest BCUT2D eigenvalue weighted by molar-refractivity contribution is 4.80. The molecular formula is C13H27NO. The van der Waals surface area contributed by atoms with Crippen molar-refractivity contribution in [1.29, 1.82) is 0 Å². The summed E-state index contributed by atoms with van der Waals surface area (Å²) in [7, 11) is 1.79. The van der Waals surface area contributed by atoms with Crippen molar-refractivity contribution in [1.82, 2.24) is 5.32 Å². The van der Waals surface area contributed by atoms with Crippen molar-refractivity contribution >= 4 is 0 Å². The first-order valence-electron chi connectivity index (χ1n) is 6.46. The molecule has 15 heavy (non-hydrogen) atoms. The van der Waals surface area contributed by atoms with Crippen molar-refractivity contribution in [3.05, 3.63) is 0 Å². The molecule has 0 amide bonds. The lowest BCUT2D eigenvalue weighted by molar-refractivity contribution is 0.0806. The molecule has 1 saturated carbocycles. The van der Waals surface area contributed by atoms with Crippen LogP contribution in [0.5, 0.6) is 0 Å². The molecule has 2 unspecified atom stereocenters. The van der Waals surface area contributed by atoms with Gasteiger partial charge in [0.1, 0.15) is 0 Å². The zero-order valence-corrected chi connectivity index (χ0v) is 10.8. The van der Waals surface area contributed by atoms with Crippen LogP contribution < -0.4 is 5.32 Å². The molecule has 0 aromatic carbocycles. The van der Waals surface area contributed by atoms with Crippen molar-refractivity contribution in [3.63, 3.8) is 0 Å². The molecular weight excluding hydrogens is 186 g/mol. The van der Waals surface area contributed by atoms with Crippen LogP contribution in [0.4, 0.5) is 0 Å². The molecule has 1 N–H and O–H groups in total. The Hall–Kier alpha value is -0.0800. The largest absolute Gasteiger partial charge is 0.380 e. The van der Waals surface area contributed by atoms with Crippen LogP contribution in [0.15, 0.2) is 0 Å². The van der Waals surface area contributed by atoms with Gasteiger partial charge >= 0.3 is 0 Å². The second-order valence-corrected chi connectivity index (χ2v) is 5.02. The fraction of sp³-hybridized carbons (Fsp3) is 1.00. The predicted octanol–water partition coefficient (Wildman–Crippen LogP) is 2.97. The zero-order valence-electron chi connectivity index (χ0n) is 10.8. The smallest absolute Gasteiger partial charge is 0.0693 e. The Balaban J connectivity index is 2.23. The molecule has 90 valence electrons. The maximum absolute atomic E-state index is 5.33. The minimum Gasteiger partial charge on any atom is -0.380 e.